The van der Waals surface area contributed by atoms with E-state index >= 15 is 0 Å². The molecule has 0 aliphatic heterocycles. The second-order valence-electron chi connectivity index (χ2n) is 3.60. The van der Waals surface area contributed by atoms with Crippen LogP contribution in [0.3, 0.4) is 0 Å². The molecule has 0 radical (unpaired) electrons. The van der Waals surface area contributed by atoms with Gasteiger partial charge in [0, 0.05) is 12.6 Å². The first-order valence-electron chi connectivity index (χ1n) is 5.15. The second-order valence-corrected chi connectivity index (χ2v) is 3.60. The molecule has 0 N–H and O–H groups in total. The molecule has 2 heteroatoms. The Morgan fingerprint density at radius 3 is 2.25 bits per heavy atom. The summed E-state index contributed by atoms with van der Waals surface area (Å²) in [5, 5.41) is 0. The highest BCUT2D eigenvalue weighted by Crippen LogP contribution is 2.29. The lowest BCUT2D eigenvalue weighted by molar-refractivity contribution is -0.107. The molecule has 0 saturated heterocycles. The highest BCUT2D eigenvalue weighted by atomic mass is 16.1. The Morgan fingerprint density at radius 1 is 0.938 bits per heavy atom. The Morgan fingerprint density at radius 2 is 1.56 bits per heavy atom. The summed E-state index contributed by atoms with van der Waals surface area (Å²) in [4.78, 5) is 12.4. The zero-order valence-corrected chi connectivity index (χ0v) is 9.13. The van der Waals surface area contributed by atoms with Crippen LogP contribution in [0, 0.1) is 0 Å². The topological polar surface area (TPSA) is 20.3 Å². The van der Waals surface area contributed by atoms with Gasteiger partial charge in [-0.25, -0.2) is 0 Å². The van der Waals surface area contributed by atoms with Crippen LogP contribution in [-0.4, -0.2) is 13.5 Å². The summed E-state index contributed by atoms with van der Waals surface area (Å²) in [6.45, 7) is 0. The van der Waals surface area contributed by atoms with E-state index in [1.54, 1.807) is 11.9 Å². The van der Waals surface area contributed by atoms with Crippen LogP contribution >= 0.6 is 0 Å². The van der Waals surface area contributed by atoms with Gasteiger partial charge in [0.15, 0.2) is 0 Å². The number of rotatable bonds is 3. The summed E-state index contributed by atoms with van der Waals surface area (Å²) >= 11 is 0. The van der Waals surface area contributed by atoms with Gasteiger partial charge in [0.25, 0.3) is 0 Å². The van der Waals surface area contributed by atoms with Gasteiger partial charge in [-0.2, -0.15) is 0 Å². The van der Waals surface area contributed by atoms with E-state index in [2.05, 4.69) is 0 Å². The van der Waals surface area contributed by atoms with Crippen molar-refractivity contribution in [2.45, 2.75) is 0 Å². The molecule has 0 aromatic heterocycles. The monoisotopic (exact) mass is 211 g/mol. The Labute approximate surface area is 95.1 Å². The molecule has 0 aliphatic rings. The molecule has 16 heavy (non-hydrogen) atoms. The van der Waals surface area contributed by atoms with E-state index in [0.29, 0.717) is 0 Å². The first kappa shape index (κ1) is 10.4. The minimum absolute atomic E-state index is 0.821. The minimum Gasteiger partial charge on any atom is -0.317 e. The number of carbonyl (C=O) groups excluding carboxylic acids is 1. The van der Waals surface area contributed by atoms with Crippen LogP contribution in [0.1, 0.15) is 0 Å². The SMILES string of the molecule is CN(C=O)c1ccccc1-c1ccccc1. The fourth-order valence-corrected chi connectivity index (χ4v) is 1.70. The summed E-state index contributed by atoms with van der Waals surface area (Å²) < 4.78 is 0. The van der Waals surface area contributed by atoms with E-state index in [9.17, 15) is 4.79 Å². The standard InChI is InChI=1S/C14H13NO/c1-15(11-16)14-10-6-5-9-13(14)12-7-3-2-4-8-12/h2-11H,1H3. The third-order valence-electron chi connectivity index (χ3n) is 2.53. The second kappa shape index (κ2) is 4.62. The van der Waals surface area contributed by atoms with Gasteiger partial charge in [-0.1, -0.05) is 48.5 Å². The van der Waals surface area contributed by atoms with Crippen molar-refractivity contribution >= 4 is 12.1 Å². The molecule has 2 aromatic carbocycles. The average Bonchev–Trinajstić information content (AvgIpc) is 2.39. The van der Waals surface area contributed by atoms with Crippen LogP contribution in [0.5, 0.6) is 0 Å². The molecule has 0 heterocycles. The molecule has 1 amide bonds. The molecule has 0 unspecified atom stereocenters. The molecule has 0 saturated carbocycles. The number of nitrogens with zero attached hydrogens (tertiary/aromatic N) is 1. The Kier molecular flexibility index (Phi) is 3.01. The van der Waals surface area contributed by atoms with Gasteiger partial charge >= 0.3 is 0 Å². The van der Waals surface area contributed by atoms with Crippen LogP contribution in [0.2, 0.25) is 0 Å². The Hall–Kier alpha value is -2.09. The third-order valence-corrected chi connectivity index (χ3v) is 2.53. The van der Waals surface area contributed by atoms with Crippen molar-refractivity contribution in [1.82, 2.24) is 0 Å². The van der Waals surface area contributed by atoms with Crippen LogP contribution in [0.4, 0.5) is 5.69 Å². The number of amides is 1. The van der Waals surface area contributed by atoms with E-state index in [-0.39, 0.29) is 0 Å². The summed E-state index contributed by atoms with van der Waals surface area (Å²) in [6, 6.07) is 17.9. The number of carbonyl (C=O) groups is 1. The largest absolute Gasteiger partial charge is 0.317 e. The summed E-state index contributed by atoms with van der Waals surface area (Å²) in [5.41, 5.74) is 3.10. The molecular formula is C14H13NO. The third kappa shape index (κ3) is 1.96. The van der Waals surface area contributed by atoms with Crippen molar-refractivity contribution < 1.29 is 4.79 Å². The fourth-order valence-electron chi connectivity index (χ4n) is 1.70. The number of hydrogen-bond donors (Lipinski definition) is 0. The van der Waals surface area contributed by atoms with E-state index in [1.165, 1.54) is 0 Å². The highest BCUT2D eigenvalue weighted by molar-refractivity contribution is 5.86. The molecule has 0 spiro atoms. The molecule has 0 aliphatic carbocycles. The number of benzene rings is 2. The van der Waals surface area contributed by atoms with Crippen molar-refractivity contribution in [3.8, 4) is 11.1 Å². The van der Waals surface area contributed by atoms with Crippen molar-refractivity contribution in [2.75, 3.05) is 11.9 Å². The fraction of sp³-hybridized carbons (Fsp3) is 0.0714. The molecule has 2 aromatic rings. The molecular weight excluding hydrogens is 198 g/mol. The van der Waals surface area contributed by atoms with Crippen molar-refractivity contribution in [1.29, 1.82) is 0 Å². The Balaban J connectivity index is 2.53. The van der Waals surface area contributed by atoms with Gasteiger partial charge in [0.05, 0.1) is 5.69 Å². The lowest BCUT2D eigenvalue weighted by atomic mass is 10.0. The van der Waals surface area contributed by atoms with Crippen LogP contribution in [0.25, 0.3) is 11.1 Å². The molecule has 0 atom stereocenters. The van der Waals surface area contributed by atoms with E-state index in [1.807, 2.05) is 54.6 Å². The van der Waals surface area contributed by atoms with Gasteiger partial charge in [-0.15, -0.1) is 0 Å². The highest BCUT2D eigenvalue weighted by Gasteiger charge is 2.06. The first-order valence-corrected chi connectivity index (χ1v) is 5.15. The van der Waals surface area contributed by atoms with Crippen molar-refractivity contribution in [2.24, 2.45) is 0 Å². The summed E-state index contributed by atoms with van der Waals surface area (Å²) in [5.74, 6) is 0. The predicted octanol–water partition coefficient (Wildman–Crippen LogP) is 2.95. The smallest absolute Gasteiger partial charge is 0.213 e. The van der Waals surface area contributed by atoms with Gasteiger partial charge in [-0.3, -0.25) is 4.79 Å². The summed E-state index contributed by atoms with van der Waals surface area (Å²) in [6.07, 6.45) is 0.821. The van der Waals surface area contributed by atoms with Crippen LogP contribution in [0.15, 0.2) is 54.6 Å². The van der Waals surface area contributed by atoms with Gasteiger partial charge in [-0.05, 0) is 11.6 Å². The number of hydrogen-bond acceptors (Lipinski definition) is 1. The molecule has 0 bridgehead atoms. The Bertz CT molecular complexity index is 479. The van der Waals surface area contributed by atoms with Crippen molar-refractivity contribution in [3.05, 3.63) is 54.6 Å². The van der Waals surface area contributed by atoms with E-state index in [0.717, 1.165) is 23.2 Å². The zero-order chi connectivity index (χ0) is 11.4. The normalized spacial score (nSPS) is 9.81. The lowest BCUT2D eigenvalue weighted by Gasteiger charge is -2.15. The minimum atomic E-state index is 0.821. The quantitative estimate of drug-likeness (QED) is 0.715. The number of para-hydroxylation sites is 1. The van der Waals surface area contributed by atoms with E-state index < -0.39 is 0 Å². The lowest BCUT2D eigenvalue weighted by Crippen LogP contribution is -2.14. The zero-order valence-electron chi connectivity index (χ0n) is 9.13. The van der Waals surface area contributed by atoms with E-state index in [4.69, 9.17) is 0 Å². The van der Waals surface area contributed by atoms with Crippen LogP contribution < -0.4 is 4.90 Å². The molecule has 0 fully saturated rings. The molecule has 80 valence electrons. The maximum atomic E-state index is 10.8. The van der Waals surface area contributed by atoms with Crippen LogP contribution in [-0.2, 0) is 4.79 Å². The maximum Gasteiger partial charge on any atom is 0.213 e. The average molecular weight is 211 g/mol. The van der Waals surface area contributed by atoms with Gasteiger partial charge < -0.3 is 4.90 Å². The molecule has 2 nitrogen and oxygen atoms in total. The first-order chi connectivity index (χ1) is 7.83. The maximum absolute atomic E-state index is 10.8. The number of anilines is 1. The van der Waals surface area contributed by atoms with Crippen molar-refractivity contribution in [3.63, 3.8) is 0 Å². The predicted molar refractivity (Wildman–Crippen MR) is 66.3 cm³/mol. The van der Waals surface area contributed by atoms with Gasteiger partial charge in [0.1, 0.15) is 0 Å². The summed E-state index contributed by atoms with van der Waals surface area (Å²) in [7, 11) is 1.76. The van der Waals surface area contributed by atoms with Gasteiger partial charge in [0.2, 0.25) is 6.41 Å². The molecule has 2 rings (SSSR count).